The molecule has 7 nitrogen and oxygen atoms in total. The summed E-state index contributed by atoms with van der Waals surface area (Å²) in [6.07, 6.45) is 0.891. The van der Waals surface area contributed by atoms with Gasteiger partial charge in [-0.1, -0.05) is 12.3 Å². The second-order valence-electron chi connectivity index (χ2n) is 2.58. The minimum atomic E-state index is -0.618. The van der Waals surface area contributed by atoms with Gasteiger partial charge in [-0.05, 0) is 6.42 Å². The van der Waals surface area contributed by atoms with Gasteiger partial charge in [0, 0.05) is 6.54 Å². The largest absolute Gasteiger partial charge is 0.339 e. The van der Waals surface area contributed by atoms with Crippen molar-refractivity contribution in [3.63, 3.8) is 0 Å². The smallest absolute Gasteiger partial charge is 0.261 e. The molecule has 1 aliphatic rings. The van der Waals surface area contributed by atoms with Crippen molar-refractivity contribution in [1.82, 2.24) is 10.3 Å². The third kappa shape index (κ3) is 2.86. The fraction of sp³-hybridized carbons (Fsp3) is 0.833. The maximum Gasteiger partial charge on any atom is 0.261 e. The number of ether oxygens (including phenoxy) is 1. The van der Waals surface area contributed by atoms with Crippen LogP contribution in [0.4, 0.5) is 0 Å². The molecular weight excluding hydrogens is 176 g/mol. The number of hydrogen-bond acceptors (Lipinski definition) is 5. The summed E-state index contributed by atoms with van der Waals surface area (Å²) in [5.41, 5.74) is 2.03. The van der Waals surface area contributed by atoms with E-state index in [-0.39, 0.29) is 12.7 Å². The number of aliphatic imine (C=N–C) groups is 1. The van der Waals surface area contributed by atoms with Crippen LogP contribution in [-0.2, 0) is 4.74 Å². The summed E-state index contributed by atoms with van der Waals surface area (Å²) in [4.78, 5) is 15.7. The van der Waals surface area contributed by atoms with Crippen LogP contribution < -0.4 is 5.43 Å². The van der Waals surface area contributed by atoms with Gasteiger partial charge in [0.05, 0.1) is 0 Å². The van der Waals surface area contributed by atoms with Crippen LogP contribution >= 0.6 is 0 Å². The van der Waals surface area contributed by atoms with Crippen LogP contribution in [0.2, 0.25) is 0 Å². The van der Waals surface area contributed by atoms with Gasteiger partial charge in [-0.25, -0.2) is 15.1 Å². The summed E-state index contributed by atoms with van der Waals surface area (Å²) >= 11 is 0. The molecule has 0 saturated carbocycles. The van der Waals surface area contributed by atoms with Crippen LogP contribution in [0.5, 0.6) is 0 Å². The summed E-state index contributed by atoms with van der Waals surface area (Å²) in [7, 11) is 0. The maximum atomic E-state index is 10.2. The van der Waals surface area contributed by atoms with Gasteiger partial charge in [0.1, 0.15) is 13.5 Å². The highest BCUT2D eigenvalue weighted by Gasteiger charge is 2.17. The van der Waals surface area contributed by atoms with E-state index in [0.29, 0.717) is 13.3 Å². The number of nitrogens with zero attached hydrogens (tertiary/aromatic N) is 3. The Labute approximate surface area is 75.5 Å². The summed E-state index contributed by atoms with van der Waals surface area (Å²) in [5, 5.41) is 9.55. The van der Waals surface area contributed by atoms with Gasteiger partial charge in [0.15, 0.2) is 5.03 Å². The fourth-order valence-electron chi connectivity index (χ4n) is 1.05. The number of nitrogens with one attached hydrogen (secondary N) is 1. The van der Waals surface area contributed by atoms with E-state index in [0.717, 1.165) is 6.42 Å². The zero-order chi connectivity index (χ0) is 9.68. The highest BCUT2D eigenvalue weighted by Crippen LogP contribution is 1.99. The van der Waals surface area contributed by atoms with Crippen LogP contribution in [0.15, 0.2) is 4.99 Å². The fourth-order valence-corrected chi connectivity index (χ4v) is 1.05. The van der Waals surface area contributed by atoms with Gasteiger partial charge in [0.2, 0.25) is 0 Å². The lowest BCUT2D eigenvalue weighted by atomic mass is 10.4. The van der Waals surface area contributed by atoms with E-state index >= 15 is 0 Å². The Balaban J connectivity index is 2.54. The molecule has 0 unspecified atom stereocenters. The summed E-state index contributed by atoms with van der Waals surface area (Å²) in [5.74, 6) is 0.276. The second-order valence-corrected chi connectivity index (χ2v) is 2.58. The average Bonchev–Trinajstić information content (AvgIpc) is 2.08. The van der Waals surface area contributed by atoms with Gasteiger partial charge in [0.25, 0.3) is 5.96 Å². The van der Waals surface area contributed by atoms with Gasteiger partial charge >= 0.3 is 0 Å². The highest BCUT2D eigenvalue weighted by molar-refractivity contribution is 5.78. The average molecular weight is 188 g/mol. The monoisotopic (exact) mass is 188 g/mol. The predicted molar refractivity (Wildman–Crippen MR) is 45.4 cm³/mol. The number of guanidine groups is 1. The Hall–Kier alpha value is -1.37. The molecule has 0 radical (unpaired) electrons. The molecule has 1 N–H and O–H groups in total. The molecule has 0 fully saturated rings. The predicted octanol–water partition coefficient (Wildman–Crippen LogP) is -0.219. The van der Waals surface area contributed by atoms with Crippen LogP contribution in [-0.4, -0.2) is 35.9 Å². The first-order chi connectivity index (χ1) is 6.24. The first-order valence-corrected chi connectivity index (χ1v) is 4.02. The number of nitro groups is 1. The van der Waals surface area contributed by atoms with Crippen molar-refractivity contribution in [3.8, 4) is 0 Å². The number of hydrogen-bond donors (Lipinski definition) is 1. The zero-order valence-corrected chi connectivity index (χ0v) is 7.39. The van der Waals surface area contributed by atoms with Gasteiger partial charge in [-0.15, -0.1) is 0 Å². The van der Waals surface area contributed by atoms with Crippen molar-refractivity contribution < 1.29 is 9.77 Å². The Morgan fingerprint density at radius 2 is 2.62 bits per heavy atom. The molecule has 74 valence electrons. The maximum absolute atomic E-state index is 10.2. The molecule has 0 saturated heterocycles. The summed E-state index contributed by atoms with van der Waals surface area (Å²) < 4.78 is 5.02. The molecule has 7 heteroatoms. The molecule has 1 heterocycles. The zero-order valence-electron chi connectivity index (χ0n) is 7.39. The lowest BCUT2D eigenvalue weighted by molar-refractivity contribution is -0.527. The van der Waals surface area contributed by atoms with Crippen LogP contribution in [0.25, 0.3) is 0 Å². The lowest BCUT2D eigenvalue weighted by Crippen LogP contribution is -2.47. The molecule has 1 aliphatic heterocycles. The summed E-state index contributed by atoms with van der Waals surface area (Å²) in [6, 6.07) is 0. The normalized spacial score (nSPS) is 16.7. The van der Waals surface area contributed by atoms with Crippen molar-refractivity contribution >= 4 is 5.96 Å². The molecule has 0 aromatic heterocycles. The van der Waals surface area contributed by atoms with Crippen molar-refractivity contribution in [2.45, 2.75) is 13.3 Å². The first kappa shape index (κ1) is 9.72. The van der Waals surface area contributed by atoms with Crippen LogP contribution in [0.3, 0.4) is 0 Å². The number of hydrazine groups is 1. The molecule has 0 amide bonds. The van der Waals surface area contributed by atoms with Crippen LogP contribution in [0, 0.1) is 10.1 Å². The van der Waals surface area contributed by atoms with E-state index < -0.39 is 5.03 Å². The first-order valence-electron chi connectivity index (χ1n) is 4.02. The van der Waals surface area contributed by atoms with E-state index in [2.05, 4.69) is 4.99 Å². The number of rotatable bonds is 3. The Bertz CT molecular complexity index is 218. The molecule has 13 heavy (non-hydrogen) atoms. The van der Waals surface area contributed by atoms with E-state index in [1.807, 2.05) is 12.3 Å². The SMILES string of the molecule is CCCN1COCN=C1N[N+](=O)[O-]. The third-order valence-corrected chi connectivity index (χ3v) is 1.54. The minimum Gasteiger partial charge on any atom is -0.339 e. The minimum absolute atomic E-state index is 0.177. The topological polar surface area (TPSA) is 80.0 Å². The third-order valence-electron chi connectivity index (χ3n) is 1.54. The van der Waals surface area contributed by atoms with E-state index in [1.165, 1.54) is 0 Å². The Morgan fingerprint density at radius 3 is 3.23 bits per heavy atom. The molecular formula is C6H12N4O3. The highest BCUT2D eigenvalue weighted by atomic mass is 16.7. The van der Waals surface area contributed by atoms with E-state index in [9.17, 15) is 10.1 Å². The summed E-state index contributed by atoms with van der Waals surface area (Å²) in [6.45, 7) is 3.21. The molecule has 0 bridgehead atoms. The standard InChI is InChI=1S/C6H12N4O3/c1-2-3-9-5-13-4-7-6(9)8-10(11)12/h2-5H2,1H3,(H,7,8). The molecule has 0 aromatic carbocycles. The molecule has 0 atom stereocenters. The van der Waals surface area contributed by atoms with Gasteiger partial charge in [-0.3, -0.25) is 0 Å². The Morgan fingerprint density at radius 1 is 1.85 bits per heavy atom. The molecule has 0 aliphatic carbocycles. The van der Waals surface area contributed by atoms with Crippen molar-refractivity contribution in [2.24, 2.45) is 4.99 Å². The van der Waals surface area contributed by atoms with E-state index in [4.69, 9.17) is 4.74 Å². The molecule has 0 aromatic rings. The molecule has 1 rings (SSSR count). The van der Waals surface area contributed by atoms with Gasteiger partial charge < -0.3 is 9.64 Å². The second kappa shape index (κ2) is 4.61. The quantitative estimate of drug-likeness (QED) is 0.489. The lowest BCUT2D eigenvalue weighted by Gasteiger charge is -2.25. The van der Waals surface area contributed by atoms with E-state index in [1.54, 1.807) is 4.90 Å². The molecule has 0 spiro atoms. The van der Waals surface area contributed by atoms with Crippen molar-refractivity contribution in [1.29, 1.82) is 0 Å². The van der Waals surface area contributed by atoms with Crippen molar-refractivity contribution in [3.05, 3.63) is 10.1 Å². The van der Waals surface area contributed by atoms with Crippen molar-refractivity contribution in [2.75, 3.05) is 20.0 Å². The Kier molecular flexibility index (Phi) is 3.44. The van der Waals surface area contributed by atoms with Crippen LogP contribution in [0.1, 0.15) is 13.3 Å². The van der Waals surface area contributed by atoms with Gasteiger partial charge in [-0.2, -0.15) is 0 Å².